The maximum absolute atomic E-state index is 11.6. The number of ether oxygens (including phenoxy) is 1. The fraction of sp³-hybridized carbons (Fsp3) is 0.500. The second-order valence-electron chi connectivity index (χ2n) is 4.61. The van der Waals surface area contributed by atoms with Gasteiger partial charge in [-0.2, -0.15) is 0 Å². The van der Waals surface area contributed by atoms with Gasteiger partial charge in [-0.15, -0.1) is 0 Å². The second-order valence-corrected chi connectivity index (χ2v) is 4.61. The lowest BCUT2D eigenvalue weighted by Crippen LogP contribution is -2.41. The minimum absolute atomic E-state index is 0.00690. The lowest BCUT2D eigenvalue weighted by atomic mass is 9.86. The Morgan fingerprint density at radius 1 is 1.44 bits per heavy atom. The molecule has 1 fully saturated rings. The van der Waals surface area contributed by atoms with Crippen molar-refractivity contribution >= 4 is 5.97 Å². The van der Waals surface area contributed by atoms with Gasteiger partial charge in [-0.3, -0.25) is 4.79 Å². The summed E-state index contributed by atoms with van der Waals surface area (Å²) in [5.74, 6) is -0.683. The first-order chi connectivity index (χ1) is 8.74. The van der Waals surface area contributed by atoms with E-state index in [2.05, 4.69) is 5.32 Å². The zero-order valence-corrected chi connectivity index (χ0v) is 10.6. The van der Waals surface area contributed by atoms with E-state index in [1.165, 1.54) is 0 Å². The molecule has 4 heteroatoms. The Labute approximate surface area is 107 Å². The lowest BCUT2D eigenvalue weighted by Gasteiger charge is -2.29. The summed E-state index contributed by atoms with van der Waals surface area (Å²) >= 11 is 0. The van der Waals surface area contributed by atoms with Crippen molar-refractivity contribution in [2.45, 2.75) is 31.2 Å². The van der Waals surface area contributed by atoms with Crippen molar-refractivity contribution in [2.24, 2.45) is 0 Å². The van der Waals surface area contributed by atoms with E-state index in [1.54, 1.807) is 7.11 Å². The molecular formula is C14H19NO3. The van der Waals surface area contributed by atoms with Gasteiger partial charge >= 0.3 is 5.97 Å². The van der Waals surface area contributed by atoms with Crippen molar-refractivity contribution in [2.75, 3.05) is 13.7 Å². The minimum Gasteiger partial charge on any atom is -0.496 e. The van der Waals surface area contributed by atoms with E-state index in [4.69, 9.17) is 4.74 Å². The molecule has 1 aromatic carbocycles. The standard InChI is InChI=1S/C14H19NO3/c1-18-12-8-3-2-6-10(12)13(14(16)17)11-7-4-5-9-15-11/h2-3,6,8,11,13,15H,4-5,7,9H2,1H3,(H,16,17)/t11-,13-/m0/s1. The molecule has 0 saturated carbocycles. The molecule has 1 aliphatic heterocycles. The third-order valence-electron chi connectivity index (χ3n) is 3.49. The van der Waals surface area contributed by atoms with Gasteiger partial charge in [0.2, 0.25) is 0 Å². The number of hydrogen-bond acceptors (Lipinski definition) is 3. The highest BCUT2D eigenvalue weighted by Crippen LogP contribution is 2.31. The molecule has 4 nitrogen and oxygen atoms in total. The Morgan fingerprint density at radius 2 is 2.22 bits per heavy atom. The largest absolute Gasteiger partial charge is 0.496 e. The quantitative estimate of drug-likeness (QED) is 0.857. The fourth-order valence-corrected chi connectivity index (χ4v) is 2.61. The van der Waals surface area contributed by atoms with Crippen LogP contribution < -0.4 is 10.1 Å². The molecular weight excluding hydrogens is 230 g/mol. The molecule has 2 rings (SSSR count). The van der Waals surface area contributed by atoms with E-state index in [1.807, 2.05) is 24.3 Å². The van der Waals surface area contributed by atoms with Gasteiger partial charge in [0.25, 0.3) is 0 Å². The van der Waals surface area contributed by atoms with E-state index >= 15 is 0 Å². The van der Waals surface area contributed by atoms with E-state index in [-0.39, 0.29) is 6.04 Å². The summed E-state index contributed by atoms with van der Waals surface area (Å²) < 4.78 is 5.28. The molecule has 98 valence electrons. The van der Waals surface area contributed by atoms with Crippen molar-refractivity contribution in [3.63, 3.8) is 0 Å². The summed E-state index contributed by atoms with van der Waals surface area (Å²) in [6.45, 7) is 0.892. The van der Waals surface area contributed by atoms with Gasteiger partial charge in [-0.25, -0.2) is 0 Å². The summed E-state index contributed by atoms with van der Waals surface area (Å²) in [4.78, 5) is 11.6. The van der Waals surface area contributed by atoms with Crippen LogP contribution in [0.5, 0.6) is 5.75 Å². The molecule has 2 atom stereocenters. The number of carbonyl (C=O) groups is 1. The Hall–Kier alpha value is -1.55. The van der Waals surface area contributed by atoms with Crippen molar-refractivity contribution in [3.05, 3.63) is 29.8 Å². The second kappa shape index (κ2) is 5.87. The van der Waals surface area contributed by atoms with Crippen LogP contribution in [0.15, 0.2) is 24.3 Å². The smallest absolute Gasteiger partial charge is 0.312 e. The van der Waals surface area contributed by atoms with E-state index in [0.29, 0.717) is 5.75 Å². The Morgan fingerprint density at radius 3 is 2.83 bits per heavy atom. The van der Waals surface area contributed by atoms with Gasteiger partial charge in [0, 0.05) is 11.6 Å². The molecule has 0 amide bonds. The number of carboxylic acids is 1. The summed E-state index contributed by atoms with van der Waals surface area (Å²) in [5.41, 5.74) is 0.756. The average Bonchev–Trinajstić information content (AvgIpc) is 2.40. The van der Waals surface area contributed by atoms with Crippen LogP contribution in [-0.2, 0) is 4.79 Å². The van der Waals surface area contributed by atoms with E-state index < -0.39 is 11.9 Å². The van der Waals surface area contributed by atoms with Gasteiger partial charge in [0.05, 0.1) is 7.11 Å². The molecule has 0 aliphatic carbocycles. The Bertz CT molecular complexity index is 413. The molecule has 0 unspecified atom stereocenters. The lowest BCUT2D eigenvalue weighted by molar-refractivity contribution is -0.139. The summed E-state index contributed by atoms with van der Waals surface area (Å²) in [5, 5.41) is 12.8. The Balaban J connectivity index is 2.31. The van der Waals surface area contributed by atoms with Gasteiger partial charge in [-0.1, -0.05) is 24.6 Å². The third-order valence-corrected chi connectivity index (χ3v) is 3.49. The predicted octanol–water partition coefficient (Wildman–Crippen LogP) is 2.01. The van der Waals surface area contributed by atoms with Gasteiger partial charge in [0.1, 0.15) is 11.7 Å². The first kappa shape index (κ1) is 12.9. The highest BCUT2D eigenvalue weighted by Gasteiger charge is 2.32. The van der Waals surface area contributed by atoms with Crippen LogP contribution in [0.1, 0.15) is 30.7 Å². The van der Waals surface area contributed by atoms with Crippen LogP contribution in [0.2, 0.25) is 0 Å². The van der Waals surface area contributed by atoms with E-state index in [0.717, 1.165) is 31.4 Å². The number of hydrogen-bond donors (Lipinski definition) is 2. The normalized spacial score (nSPS) is 21.3. The fourth-order valence-electron chi connectivity index (χ4n) is 2.61. The number of piperidine rings is 1. The van der Waals surface area contributed by atoms with Gasteiger partial charge in [0.15, 0.2) is 0 Å². The molecule has 2 N–H and O–H groups in total. The number of rotatable bonds is 4. The monoisotopic (exact) mass is 249 g/mol. The number of para-hydroxylation sites is 1. The number of benzene rings is 1. The summed E-state index contributed by atoms with van der Waals surface area (Å²) in [6.07, 6.45) is 3.10. The molecule has 18 heavy (non-hydrogen) atoms. The zero-order chi connectivity index (χ0) is 13.0. The molecule has 1 aliphatic rings. The van der Waals surface area contributed by atoms with Crippen LogP contribution in [-0.4, -0.2) is 30.8 Å². The predicted molar refractivity (Wildman–Crippen MR) is 69.0 cm³/mol. The Kier molecular flexibility index (Phi) is 4.20. The maximum Gasteiger partial charge on any atom is 0.312 e. The van der Waals surface area contributed by atoms with Crippen LogP contribution in [0.4, 0.5) is 0 Å². The molecule has 0 aromatic heterocycles. The molecule has 1 aromatic rings. The van der Waals surface area contributed by atoms with Crippen molar-refractivity contribution < 1.29 is 14.6 Å². The topological polar surface area (TPSA) is 58.6 Å². The average molecular weight is 249 g/mol. The number of aliphatic carboxylic acids is 1. The van der Waals surface area contributed by atoms with Crippen LogP contribution >= 0.6 is 0 Å². The van der Waals surface area contributed by atoms with Crippen LogP contribution in [0, 0.1) is 0 Å². The first-order valence-corrected chi connectivity index (χ1v) is 6.33. The molecule has 0 spiro atoms. The molecule has 0 radical (unpaired) electrons. The third kappa shape index (κ3) is 2.64. The SMILES string of the molecule is COc1ccccc1[C@H](C(=O)O)[C@@H]1CCCCN1. The summed E-state index contributed by atoms with van der Waals surface area (Å²) in [7, 11) is 1.58. The molecule has 0 bridgehead atoms. The van der Waals surface area contributed by atoms with Crippen molar-refractivity contribution in [1.82, 2.24) is 5.32 Å². The van der Waals surface area contributed by atoms with Gasteiger partial charge in [-0.05, 0) is 25.5 Å². The van der Waals surface area contributed by atoms with Crippen molar-refractivity contribution in [3.8, 4) is 5.75 Å². The van der Waals surface area contributed by atoms with E-state index in [9.17, 15) is 9.90 Å². The maximum atomic E-state index is 11.6. The number of carboxylic acid groups (broad SMARTS) is 1. The highest BCUT2D eigenvalue weighted by molar-refractivity contribution is 5.78. The number of nitrogens with one attached hydrogen (secondary N) is 1. The molecule has 1 saturated heterocycles. The van der Waals surface area contributed by atoms with Crippen LogP contribution in [0.25, 0.3) is 0 Å². The summed E-state index contributed by atoms with van der Waals surface area (Å²) in [6, 6.07) is 7.36. The first-order valence-electron chi connectivity index (χ1n) is 6.33. The van der Waals surface area contributed by atoms with Crippen molar-refractivity contribution in [1.29, 1.82) is 0 Å². The zero-order valence-electron chi connectivity index (χ0n) is 10.6. The molecule has 1 heterocycles. The van der Waals surface area contributed by atoms with Gasteiger partial charge < -0.3 is 15.2 Å². The number of methoxy groups -OCH3 is 1. The van der Waals surface area contributed by atoms with Crippen LogP contribution in [0.3, 0.4) is 0 Å². The highest BCUT2D eigenvalue weighted by atomic mass is 16.5. The minimum atomic E-state index is -0.793.